The lowest BCUT2D eigenvalue weighted by Gasteiger charge is -2.64. The summed E-state index contributed by atoms with van der Waals surface area (Å²) < 4.78 is 13.3. The Morgan fingerprint density at radius 3 is 2.61 bits per heavy atom. The van der Waals surface area contributed by atoms with Gasteiger partial charge in [-0.1, -0.05) is 58.0 Å². The van der Waals surface area contributed by atoms with Crippen molar-refractivity contribution < 1.29 is 18.9 Å². The van der Waals surface area contributed by atoms with Crippen LogP contribution in [-0.4, -0.2) is 60.7 Å². The van der Waals surface area contributed by atoms with E-state index in [0.717, 1.165) is 31.2 Å². The molecule has 1 aromatic carbocycles. The van der Waals surface area contributed by atoms with Gasteiger partial charge < -0.3 is 24.8 Å². The van der Waals surface area contributed by atoms with Crippen molar-refractivity contribution in [1.29, 1.82) is 5.26 Å². The van der Waals surface area contributed by atoms with Gasteiger partial charge in [0.15, 0.2) is 0 Å². The fraction of sp³-hybridized carbons (Fsp3) is 0.719. The summed E-state index contributed by atoms with van der Waals surface area (Å²) in [4.78, 5) is 28.4. The molecule has 1 aromatic rings. The van der Waals surface area contributed by atoms with Crippen LogP contribution in [0.5, 0.6) is 0 Å². The van der Waals surface area contributed by atoms with Crippen LogP contribution in [0.15, 0.2) is 30.3 Å². The van der Waals surface area contributed by atoms with E-state index < -0.39 is 13.0 Å². The van der Waals surface area contributed by atoms with Crippen molar-refractivity contribution in [2.75, 3.05) is 13.1 Å². The quantitative estimate of drug-likeness (QED) is 0.424. The maximum absolute atomic E-state index is 13.3. The van der Waals surface area contributed by atoms with E-state index in [9.17, 15) is 14.9 Å². The molecule has 2 heterocycles. The van der Waals surface area contributed by atoms with Crippen LogP contribution in [0.25, 0.3) is 0 Å². The van der Waals surface area contributed by atoms with Gasteiger partial charge in [0.2, 0.25) is 5.91 Å². The summed E-state index contributed by atoms with van der Waals surface area (Å²) in [6, 6.07) is 11.9. The van der Waals surface area contributed by atoms with E-state index in [1.54, 1.807) is 0 Å². The fourth-order valence-corrected chi connectivity index (χ4v) is 7.97. The van der Waals surface area contributed by atoms with Crippen LogP contribution < -0.4 is 10.6 Å². The van der Waals surface area contributed by atoms with Gasteiger partial charge in [-0.05, 0) is 80.6 Å². The third-order valence-corrected chi connectivity index (χ3v) is 10.5. The van der Waals surface area contributed by atoms with E-state index in [1.807, 2.05) is 36.9 Å². The minimum absolute atomic E-state index is 0.0353. The molecule has 3 aliphatic carbocycles. The molecule has 2 N–H and O–H groups in total. The van der Waals surface area contributed by atoms with Crippen molar-refractivity contribution in [3.8, 4) is 6.07 Å². The molecule has 0 spiro atoms. The van der Waals surface area contributed by atoms with E-state index in [2.05, 4.69) is 49.6 Å². The van der Waals surface area contributed by atoms with Crippen LogP contribution in [0.4, 0.5) is 4.79 Å². The number of amides is 3. The monoisotopic (exact) mass is 562 g/mol. The molecule has 222 valence electrons. The Morgan fingerprint density at radius 1 is 1.17 bits per heavy atom. The van der Waals surface area contributed by atoms with Crippen LogP contribution in [0, 0.1) is 40.4 Å². The first-order valence-electron chi connectivity index (χ1n) is 15.6. The summed E-state index contributed by atoms with van der Waals surface area (Å²) >= 11 is 0. The molecular formula is C32H47BN4O4. The molecule has 0 aromatic heterocycles. The molecule has 0 radical (unpaired) electrons. The number of hydrogen-bond acceptors (Lipinski definition) is 5. The van der Waals surface area contributed by atoms with Crippen LogP contribution in [-0.2, 0) is 20.5 Å². The van der Waals surface area contributed by atoms with Gasteiger partial charge in [0.1, 0.15) is 5.92 Å². The third-order valence-electron chi connectivity index (χ3n) is 10.5. The van der Waals surface area contributed by atoms with Crippen LogP contribution in [0.3, 0.4) is 0 Å². The average molecular weight is 563 g/mol. The van der Waals surface area contributed by atoms with Gasteiger partial charge in [0.25, 0.3) is 0 Å². The number of piperidine rings is 1. The largest absolute Gasteiger partial charge is 0.482 e. The smallest absolute Gasteiger partial charge is 0.404 e. The van der Waals surface area contributed by atoms with E-state index in [-0.39, 0.29) is 47.0 Å². The number of likely N-dealkylation sites (tertiary alicyclic amines) is 1. The minimum atomic E-state index is -0.641. The molecule has 41 heavy (non-hydrogen) atoms. The SMILES string of the molecule is CC(C)CC(C#N)C(=O)N1CCCC[C@H]1CNC(=O)N[C@@H](Cc1ccccc1)B1OC2C[C@@H]3C[C@@H](C3(C)C)[C@]2(C)O1. The molecule has 3 amide bonds. The maximum Gasteiger partial charge on any atom is 0.482 e. The molecule has 5 fully saturated rings. The zero-order chi connectivity index (χ0) is 29.4. The molecule has 3 saturated carbocycles. The van der Waals surface area contributed by atoms with Crippen molar-refractivity contribution >= 4 is 19.1 Å². The standard InChI is InChI=1S/C32H47BN4O4/c1-21(2)15-23(19-34)29(38)37-14-10-9-13-25(37)20-35-30(39)36-28(16-22-11-7-6-8-12-22)33-40-27-18-24-17-26(31(24,3)4)32(27,5)41-33/h6-8,11-12,21,23-28H,9-10,13-18,20H2,1-5H3,(H2,35,36,39)/t23?,24-,25-,26-,27?,28-,32-/m0/s1. The van der Waals surface area contributed by atoms with Crippen LogP contribution >= 0.6 is 0 Å². The Hall–Kier alpha value is -2.57. The van der Waals surface area contributed by atoms with Gasteiger partial charge in [-0.15, -0.1) is 0 Å². The highest BCUT2D eigenvalue weighted by Gasteiger charge is 2.68. The average Bonchev–Trinajstić information content (AvgIpc) is 3.32. The molecule has 2 saturated heterocycles. The van der Waals surface area contributed by atoms with Crippen molar-refractivity contribution in [1.82, 2.24) is 15.5 Å². The molecule has 6 rings (SSSR count). The van der Waals surface area contributed by atoms with Gasteiger partial charge >= 0.3 is 13.1 Å². The van der Waals surface area contributed by atoms with Gasteiger partial charge in [0.05, 0.1) is 23.7 Å². The number of urea groups is 1. The number of nitrogens with one attached hydrogen (secondary N) is 2. The van der Waals surface area contributed by atoms with Crippen molar-refractivity contribution in [3.05, 3.63) is 35.9 Å². The van der Waals surface area contributed by atoms with Crippen molar-refractivity contribution in [2.24, 2.45) is 29.1 Å². The number of carbonyl (C=O) groups excluding carboxylic acids is 2. The molecule has 7 atom stereocenters. The van der Waals surface area contributed by atoms with Crippen LogP contribution in [0.1, 0.15) is 78.7 Å². The number of nitrogens with zero attached hydrogens (tertiary/aromatic N) is 2. The maximum atomic E-state index is 13.3. The van der Waals surface area contributed by atoms with E-state index in [0.29, 0.717) is 37.8 Å². The van der Waals surface area contributed by atoms with E-state index in [1.165, 1.54) is 6.42 Å². The first-order chi connectivity index (χ1) is 19.5. The fourth-order valence-electron chi connectivity index (χ4n) is 7.97. The summed E-state index contributed by atoms with van der Waals surface area (Å²) in [5.41, 5.74) is 0.991. The number of benzene rings is 1. The second-order valence-corrected chi connectivity index (χ2v) is 14.0. The third kappa shape index (κ3) is 6.01. The van der Waals surface area contributed by atoms with E-state index >= 15 is 0 Å². The zero-order valence-corrected chi connectivity index (χ0v) is 25.4. The predicted octanol–water partition coefficient (Wildman–Crippen LogP) is 4.73. The molecule has 2 unspecified atom stereocenters. The zero-order valence-electron chi connectivity index (χ0n) is 25.4. The van der Waals surface area contributed by atoms with E-state index in [4.69, 9.17) is 9.31 Å². The van der Waals surface area contributed by atoms with Gasteiger partial charge in [0, 0.05) is 19.1 Å². The first kappa shape index (κ1) is 29.9. The highest BCUT2D eigenvalue weighted by atomic mass is 16.7. The first-order valence-corrected chi connectivity index (χ1v) is 15.6. The summed E-state index contributed by atoms with van der Waals surface area (Å²) in [6.07, 6.45) is 6.07. The number of hydrogen-bond donors (Lipinski definition) is 2. The Labute approximate surface area is 246 Å². The van der Waals surface area contributed by atoms with Gasteiger partial charge in [-0.3, -0.25) is 4.79 Å². The van der Waals surface area contributed by atoms with Crippen molar-refractivity contribution in [3.63, 3.8) is 0 Å². The lowest BCUT2D eigenvalue weighted by molar-refractivity contribution is -0.199. The number of rotatable bonds is 9. The summed E-state index contributed by atoms with van der Waals surface area (Å²) in [5.74, 6) is 0.243. The van der Waals surface area contributed by atoms with Gasteiger partial charge in [-0.25, -0.2) is 4.79 Å². The number of carbonyl (C=O) groups is 2. The van der Waals surface area contributed by atoms with Crippen molar-refractivity contribution in [2.45, 2.75) is 103 Å². The Balaban J connectivity index is 1.24. The second-order valence-electron chi connectivity index (χ2n) is 14.0. The summed E-state index contributed by atoms with van der Waals surface area (Å²) in [6.45, 7) is 11.9. The molecule has 2 aliphatic heterocycles. The highest BCUT2D eigenvalue weighted by Crippen LogP contribution is 2.65. The molecule has 2 bridgehead atoms. The number of nitriles is 1. The summed E-state index contributed by atoms with van der Waals surface area (Å²) in [7, 11) is -0.536. The molecule has 8 nitrogen and oxygen atoms in total. The highest BCUT2D eigenvalue weighted by molar-refractivity contribution is 6.48. The lowest BCUT2D eigenvalue weighted by Crippen LogP contribution is -2.65. The Kier molecular flexibility index (Phi) is 8.73. The minimum Gasteiger partial charge on any atom is -0.404 e. The Bertz CT molecular complexity index is 1140. The normalized spacial score (nSPS) is 31.4. The summed E-state index contributed by atoms with van der Waals surface area (Å²) in [5, 5.41) is 15.9. The lowest BCUT2D eigenvalue weighted by atomic mass is 9.43. The second kappa shape index (κ2) is 12.0. The van der Waals surface area contributed by atoms with Crippen LogP contribution in [0.2, 0.25) is 0 Å². The van der Waals surface area contributed by atoms with Gasteiger partial charge in [-0.2, -0.15) is 5.26 Å². The Morgan fingerprint density at radius 2 is 1.93 bits per heavy atom. The topological polar surface area (TPSA) is 104 Å². The predicted molar refractivity (Wildman–Crippen MR) is 158 cm³/mol. The molecule has 5 aliphatic rings. The molecular weight excluding hydrogens is 515 g/mol. The molecule has 9 heteroatoms.